The van der Waals surface area contributed by atoms with Gasteiger partial charge in [-0.15, -0.1) is 0 Å². The van der Waals surface area contributed by atoms with Crippen LogP contribution in [0.5, 0.6) is 0 Å². The third-order valence-corrected chi connectivity index (χ3v) is 3.14. The van der Waals surface area contributed by atoms with Gasteiger partial charge in [-0.1, -0.05) is 0 Å². The molecule has 0 saturated carbocycles. The molecule has 0 aromatic carbocycles. The van der Waals surface area contributed by atoms with Crippen LogP contribution in [0.4, 0.5) is 13.2 Å². The maximum absolute atomic E-state index is 12.8. The van der Waals surface area contributed by atoms with E-state index < -0.39 is 11.7 Å². The van der Waals surface area contributed by atoms with Crippen molar-refractivity contribution in [1.82, 2.24) is 10.3 Å². The first-order valence-electron chi connectivity index (χ1n) is 5.18. The molecule has 1 N–H and O–H groups in total. The van der Waals surface area contributed by atoms with Crippen LogP contribution in [0, 0.1) is 0 Å². The van der Waals surface area contributed by atoms with Crippen molar-refractivity contribution in [2.45, 2.75) is 18.6 Å². The van der Waals surface area contributed by atoms with Crippen LogP contribution in [0.1, 0.15) is 23.6 Å². The topological polar surface area (TPSA) is 24.9 Å². The van der Waals surface area contributed by atoms with E-state index in [0.29, 0.717) is 6.42 Å². The van der Waals surface area contributed by atoms with E-state index in [4.69, 9.17) is 0 Å². The quantitative estimate of drug-likeness (QED) is 0.884. The second-order valence-electron chi connectivity index (χ2n) is 3.58. The van der Waals surface area contributed by atoms with Crippen molar-refractivity contribution in [3.8, 4) is 0 Å². The van der Waals surface area contributed by atoms with Crippen molar-refractivity contribution < 1.29 is 13.2 Å². The summed E-state index contributed by atoms with van der Waals surface area (Å²) >= 11 is 1.61. The van der Waals surface area contributed by atoms with Crippen LogP contribution >= 0.6 is 11.8 Å². The summed E-state index contributed by atoms with van der Waals surface area (Å²) in [5.74, 6) is 0.803. The van der Waals surface area contributed by atoms with Crippen LogP contribution in [0.15, 0.2) is 18.5 Å². The summed E-state index contributed by atoms with van der Waals surface area (Å²) in [5, 5.41) is 2.91. The van der Waals surface area contributed by atoms with Gasteiger partial charge in [0.05, 0.1) is 5.56 Å². The van der Waals surface area contributed by atoms with Crippen molar-refractivity contribution in [1.29, 1.82) is 0 Å². The minimum Gasteiger partial charge on any atom is -0.313 e. The van der Waals surface area contributed by atoms with Crippen molar-refractivity contribution in [3.05, 3.63) is 29.6 Å². The molecule has 0 amide bonds. The highest BCUT2D eigenvalue weighted by Crippen LogP contribution is 2.34. The Morgan fingerprint density at radius 2 is 2.18 bits per heavy atom. The van der Waals surface area contributed by atoms with E-state index in [1.807, 2.05) is 6.26 Å². The van der Waals surface area contributed by atoms with E-state index >= 15 is 0 Å². The van der Waals surface area contributed by atoms with E-state index in [1.165, 1.54) is 12.4 Å². The van der Waals surface area contributed by atoms with Crippen LogP contribution in [0.2, 0.25) is 0 Å². The van der Waals surface area contributed by atoms with Crippen molar-refractivity contribution in [2.24, 2.45) is 0 Å². The Hall–Kier alpha value is -0.750. The van der Waals surface area contributed by atoms with Crippen molar-refractivity contribution >= 4 is 11.8 Å². The van der Waals surface area contributed by atoms with E-state index in [2.05, 4.69) is 10.3 Å². The highest BCUT2D eigenvalue weighted by Gasteiger charge is 2.34. The highest BCUT2D eigenvalue weighted by atomic mass is 32.2. The molecule has 0 spiro atoms. The number of alkyl halides is 3. The van der Waals surface area contributed by atoms with Crippen LogP contribution in [0.25, 0.3) is 0 Å². The lowest BCUT2D eigenvalue weighted by Crippen LogP contribution is -2.21. The van der Waals surface area contributed by atoms with E-state index in [1.54, 1.807) is 18.8 Å². The molecule has 0 fully saturated rings. The van der Waals surface area contributed by atoms with Gasteiger partial charge < -0.3 is 5.32 Å². The second kappa shape index (κ2) is 6.26. The molecule has 1 aromatic rings. The summed E-state index contributed by atoms with van der Waals surface area (Å²) in [6, 6.07) is 0.714. The summed E-state index contributed by atoms with van der Waals surface area (Å²) in [6.07, 6.45) is 0.720. The van der Waals surface area contributed by atoms with Crippen LogP contribution < -0.4 is 5.32 Å². The number of nitrogens with one attached hydrogen (secondary N) is 1. The first kappa shape index (κ1) is 14.3. The Kier molecular flexibility index (Phi) is 5.27. The zero-order chi connectivity index (χ0) is 12.9. The molecule has 1 rings (SSSR count). The molecular formula is C11H15F3N2S. The number of pyridine rings is 1. The molecule has 1 unspecified atom stereocenters. The predicted molar refractivity (Wildman–Crippen MR) is 64.0 cm³/mol. The number of thioether (sulfide) groups is 1. The van der Waals surface area contributed by atoms with Gasteiger partial charge in [0.25, 0.3) is 0 Å². The Morgan fingerprint density at radius 1 is 1.47 bits per heavy atom. The number of halogens is 3. The number of aromatic nitrogens is 1. The van der Waals surface area contributed by atoms with E-state index in [0.717, 1.165) is 11.8 Å². The fourth-order valence-electron chi connectivity index (χ4n) is 1.63. The molecule has 96 valence electrons. The van der Waals surface area contributed by atoms with Gasteiger partial charge in [0.1, 0.15) is 0 Å². The van der Waals surface area contributed by atoms with E-state index in [-0.39, 0.29) is 11.6 Å². The van der Waals surface area contributed by atoms with E-state index in [9.17, 15) is 13.2 Å². The molecule has 0 aliphatic heterocycles. The fraction of sp³-hybridized carbons (Fsp3) is 0.545. The summed E-state index contributed by atoms with van der Waals surface area (Å²) in [7, 11) is 1.66. The molecule has 1 aromatic heterocycles. The summed E-state index contributed by atoms with van der Waals surface area (Å²) in [5.41, 5.74) is -0.385. The molecule has 2 nitrogen and oxygen atoms in total. The van der Waals surface area contributed by atoms with Gasteiger partial charge in [-0.25, -0.2) is 0 Å². The third kappa shape index (κ3) is 3.89. The smallest absolute Gasteiger partial charge is 0.313 e. The van der Waals surface area contributed by atoms with Gasteiger partial charge in [-0.05, 0) is 37.1 Å². The monoisotopic (exact) mass is 264 g/mol. The molecule has 0 aliphatic rings. The first-order chi connectivity index (χ1) is 8.00. The molecule has 0 saturated heterocycles. The molecule has 0 aliphatic carbocycles. The van der Waals surface area contributed by atoms with Gasteiger partial charge in [0, 0.05) is 18.4 Å². The number of rotatable bonds is 5. The Morgan fingerprint density at radius 3 is 2.71 bits per heavy atom. The Bertz CT molecular complexity index is 355. The lowest BCUT2D eigenvalue weighted by molar-refractivity contribution is -0.138. The Labute approximate surface area is 103 Å². The lowest BCUT2D eigenvalue weighted by Gasteiger charge is -2.20. The van der Waals surface area contributed by atoms with Gasteiger partial charge in [-0.2, -0.15) is 24.9 Å². The predicted octanol–water partition coefficient (Wildman–Crippen LogP) is 3.11. The molecule has 0 radical (unpaired) electrons. The summed E-state index contributed by atoms with van der Waals surface area (Å²) < 4.78 is 38.4. The average Bonchev–Trinajstić information content (AvgIpc) is 2.29. The maximum atomic E-state index is 12.8. The zero-order valence-corrected chi connectivity index (χ0v) is 10.5. The largest absolute Gasteiger partial charge is 0.416 e. The Balaban J connectivity index is 3.02. The number of hydrogen-bond acceptors (Lipinski definition) is 3. The van der Waals surface area contributed by atoms with Gasteiger partial charge in [0.15, 0.2) is 0 Å². The van der Waals surface area contributed by atoms with Crippen LogP contribution in [0.3, 0.4) is 0 Å². The minimum atomic E-state index is -4.33. The summed E-state index contributed by atoms with van der Waals surface area (Å²) in [6.45, 7) is 0. The molecule has 6 heteroatoms. The first-order valence-corrected chi connectivity index (χ1v) is 6.57. The minimum absolute atomic E-state index is 0.219. The molecular weight excluding hydrogens is 249 g/mol. The highest BCUT2D eigenvalue weighted by molar-refractivity contribution is 7.98. The number of nitrogens with zero attached hydrogens (tertiary/aromatic N) is 1. The lowest BCUT2D eigenvalue weighted by atomic mass is 10.0. The second-order valence-corrected chi connectivity index (χ2v) is 4.57. The van der Waals surface area contributed by atoms with Gasteiger partial charge in [0.2, 0.25) is 0 Å². The van der Waals surface area contributed by atoms with Crippen LogP contribution in [-0.2, 0) is 6.18 Å². The normalized spacial score (nSPS) is 13.7. The van der Waals surface area contributed by atoms with Crippen LogP contribution in [-0.4, -0.2) is 24.0 Å². The molecule has 1 heterocycles. The maximum Gasteiger partial charge on any atom is 0.416 e. The van der Waals surface area contributed by atoms with Gasteiger partial charge in [-0.3, -0.25) is 4.98 Å². The average molecular weight is 264 g/mol. The molecule has 1 atom stereocenters. The zero-order valence-electron chi connectivity index (χ0n) is 9.71. The van der Waals surface area contributed by atoms with Crippen molar-refractivity contribution in [2.75, 3.05) is 19.1 Å². The third-order valence-electron chi connectivity index (χ3n) is 2.49. The molecule has 0 bridgehead atoms. The standard InChI is InChI=1S/C11H15F3N2S/c1-15-10(4-6-17-2)8-7-16-5-3-9(8)11(12,13)14/h3,5,7,10,15H,4,6H2,1-2H3. The fourth-order valence-corrected chi connectivity index (χ4v) is 2.10. The van der Waals surface area contributed by atoms with Gasteiger partial charge >= 0.3 is 6.18 Å². The van der Waals surface area contributed by atoms with Crippen molar-refractivity contribution in [3.63, 3.8) is 0 Å². The SMILES string of the molecule is CNC(CCSC)c1cnccc1C(F)(F)F. The number of hydrogen-bond donors (Lipinski definition) is 1. The molecule has 17 heavy (non-hydrogen) atoms. The summed E-state index contributed by atoms with van der Waals surface area (Å²) in [4.78, 5) is 3.79.